The summed E-state index contributed by atoms with van der Waals surface area (Å²) in [7, 11) is 0. The summed E-state index contributed by atoms with van der Waals surface area (Å²) >= 11 is 0. The Labute approximate surface area is 178 Å². The van der Waals surface area contributed by atoms with E-state index < -0.39 is 0 Å². The molecule has 7 heteroatoms. The summed E-state index contributed by atoms with van der Waals surface area (Å²) in [5.74, 6) is 0.769. The first-order valence-corrected chi connectivity index (χ1v) is 9.77. The first kappa shape index (κ1) is 22.4. The average molecular weight is 491 g/mol. The van der Waals surface area contributed by atoms with Crippen molar-refractivity contribution in [2.45, 2.75) is 44.8 Å². The second kappa shape index (κ2) is 11.8. The summed E-state index contributed by atoms with van der Waals surface area (Å²) in [6.07, 6.45) is 4.29. The van der Waals surface area contributed by atoms with Crippen LogP contribution in [0.3, 0.4) is 0 Å². The van der Waals surface area contributed by atoms with Gasteiger partial charge in [0.1, 0.15) is 11.9 Å². The number of hydrogen-bond donors (Lipinski definition) is 1. The molecule has 1 aromatic carbocycles. The third-order valence-corrected chi connectivity index (χ3v) is 4.88. The van der Waals surface area contributed by atoms with Crippen molar-refractivity contribution in [1.29, 1.82) is 0 Å². The quantitative estimate of drug-likeness (QED) is 0.288. The zero-order valence-electron chi connectivity index (χ0n) is 16.0. The molecule has 2 aliphatic heterocycles. The number of aliphatic imine (C=N–C) groups is 1. The number of halogens is 2. The van der Waals surface area contributed by atoms with Gasteiger partial charge in [0.25, 0.3) is 0 Å². The van der Waals surface area contributed by atoms with Crippen molar-refractivity contribution < 1.29 is 13.9 Å². The third-order valence-electron chi connectivity index (χ3n) is 4.88. The highest BCUT2D eigenvalue weighted by atomic mass is 127. The van der Waals surface area contributed by atoms with E-state index in [1.165, 1.54) is 6.07 Å². The van der Waals surface area contributed by atoms with Gasteiger partial charge in [-0.1, -0.05) is 12.1 Å². The van der Waals surface area contributed by atoms with E-state index in [2.05, 4.69) is 17.1 Å². The van der Waals surface area contributed by atoms with Crippen LogP contribution >= 0.6 is 24.0 Å². The molecule has 2 aliphatic rings. The number of hydrogen-bond acceptors (Lipinski definition) is 3. The van der Waals surface area contributed by atoms with E-state index >= 15 is 0 Å². The molecule has 0 radical (unpaired) electrons. The zero-order valence-corrected chi connectivity index (χ0v) is 18.4. The first-order valence-electron chi connectivity index (χ1n) is 9.77. The van der Waals surface area contributed by atoms with Crippen LogP contribution < -0.4 is 5.32 Å². The van der Waals surface area contributed by atoms with Crippen LogP contribution in [0.2, 0.25) is 0 Å². The number of guanidine groups is 1. The van der Waals surface area contributed by atoms with E-state index in [1.807, 2.05) is 6.07 Å². The van der Waals surface area contributed by atoms with Crippen LogP contribution in [-0.2, 0) is 15.9 Å². The number of benzene rings is 1. The van der Waals surface area contributed by atoms with E-state index in [0.29, 0.717) is 6.61 Å². The van der Waals surface area contributed by atoms with E-state index in [0.717, 1.165) is 70.0 Å². The highest BCUT2D eigenvalue weighted by Gasteiger charge is 2.32. The molecular formula is C20H31FIN3O2. The largest absolute Gasteiger partial charge is 0.375 e. The van der Waals surface area contributed by atoms with Crippen molar-refractivity contribution in [3.8, 4) is 0 Å². The molecule has 0 saturated carbocycles. The predicted molar refractivity (Wildman–Crippen MR) is 116 cm³/mol. The fourth-order valence-corrected chi connectivity index (χ4v) is 3.57. The molecule has 0 aromatic heterocycles. The molecule has 0 spiro atoms. The molecule has 2 fully saturated rings. The Bertz CT molecular complexity index is 596. The molecule has 1 N–H and O–H groups in total. The summed E-state index contributed by atoms with van der Waals surface area (Å²) in [5.41, 5.74) is 1.02. The van der Waals surface area contributed by atoms with Crippen LogP contribution in [0.15, 0.2) is 29.3 Å². The molecule has 0 aliphatic carbocycles. The maximum Gasteiger partial charge on any atom is 0.194 e. The third kappa shape index (κ3) is 6.87. The van der Waals surface area contributed by atoms with Crippen molar-refractivity contribution in [3.63, 3.8) is 0 Å². The molecule has 2 unspecified atom stereocenters. The van der Waals surface area contributed by atoms with Crippen LogP contribution in [0, 0.1) is 5.82 Å². The molecule has 152 valence electrons. The number of nitrogens with zero attached hydrogens (tertiary/aromatic N) is 2. The summed E-state index contributed by atoms with van der Waals surface area (Å²) in [5, 5.41) is 3.39. The average Bonchev–Trinajstić information content (AvgIpc) is 3.19. The molecule has 0 amide bonds. The number of aryl methyl sites for hydroxylation is 1. The number of nitrogens with one attached hydrogen (secondary N) is 1. The lowest BCUT2D eigenvalue weighted by atomic mass is 10.1. The van der Waals surface area contributed by atoms with Crippen molar-refractivity contribution in [2.24, 2.45) is 4.99 Å². The van der Waals surface area contributed by atoms with Gasteiger partial charge in [-0.05, 0) is 50.3 Å². The smallest absolute Gasteiger partial charge is 0.194 e. The standard InChI is InChI=1S/C20H30FN3O2.HI/c1-2-22-20(23-10-4-7-16-6-3-8-17(21)14-16)24-11-13-26-19(15-24)18-9-5-12-25-18;/h3,6,8,14,18-19H,2,4-5,7,9-13,15H2,1H3,(H,22,23);1H. The van der Waals surface area contributed by atoms with Gasteiger partial charge in [0.15, 0.2) is 5.96 Å². The molecule has 2 heterocycles. The van der Waals surface area contributed by atoms with Gasteiger partial charge in [0.2, 0.25) is 0 Å². The van der Waals surface area contributed by atoms with Gasteiger partial charge in [-0.15, -0.1) is 24.0 Å². The van der Waals surface area contributed by atoms with Gasteiger partial charge < -0.3 is 19.7 Å². The van der Waals surface area contributed by atoms with Crippen molar-refractivity contribution >= 4 is 29.9 Å². The van der Waals surface area contributed by atoms with Crippen LogP contribution in [0.5, 0.6) is 0 Å². The van der Waals surface area contributed by atoms with Crippen molar-refractivity contribution in [3.05, 3.63) is 35.6 Å². The summed E-state index contributed by atoms with van der Waals surface area (Å²) < 4.78 is 25.0. The van der Waals surface area contributed by atoms with Gasteiger partial charge in [-0.3, -0.25) is 4.99 Å². The minimum atomic E-state index is -0.173. The zero-order chi connectivity index (χ0) is 18.2. The molecule has 2 saturated heterocycles. The molecule has 27 heavy (non-hydrogen) atoms. The second-order valence-corrected chi connectivity index (χ2v) is 6.88. The van der Waals surface area contributed by atoms with Gasteiger partial charge in [0, 0.05) is 32.8 Å². The second-order valence-electron chi connectivity index (χ2n) is 6.88. The Balaban J connectivity index is 0.00000261. The lowest BCUT2D eigenvalue weighted by Gasteiger charge is -2.37. The minimum absolute atomic E-state index is 0. The van der Waals surface area contributed by atoms with Gasteiger partial charge in [0.05, 0.1) is 12.7 Å². The summed E-state index contributed by atoms with van der Waals surface area (Å²) in [6.45, 7) is 6.86. The Hall–Kier alpha value is -0.930. The topological polar surface area (TPSA) is 46.1 Å². The Morgan fingerprint density at radius 2 is 2.15 bits per heavy atom. The molecule has 5 nitrogen and oxygen atoms in total. The van der Waals surface area contributed by atoms with E-state index in [-0.39, 0.29) is 42.0 Å². The first-order chi connectivity index (χ1) is 12.8. The van der Waals surface area contributed by atoms with Crippen molar-refractivity contribution in [2.75, 3.05) is 39.4 Å². The number of ether oxygens (including phenoxy) is 2. The summed E-state index contributed by atoms with van der Waals surface area (Å²) in [4.78, 5) is 7.06. The fourth-order valence-electron chi connectivity index (χ4n) is 3.57. The molecule has 1 aromatic rings. The lowest BCUT2D eigenvalue weighted by molar-refractivity contribution is -0.0817. The maximum atomic E-state index is 13.2. The van der Waals surface area contributed by atoms with Crippen LogP contribution in [0.4, 0.5) is 4.39 Å². The monoisotopic (exact) mass is 491 g/mol. The normalized spacial score (nSPS) is 23.2. The van der Waals surface area contributed by atoms with E-state index in [9.17, 15) is 4.39 Å². The highest BCUT2D eigenvalue weighted by Crippen LogP contribution is 2.21. The molecule has 0 bridgehead atoms. The minimum Gasteiger partial charge on any atom is -0.375 e. The summed E-state index contributed by atoms with van der Waals surface area (Å²) in [6, 6.07) is 6.81. The van der Waals surface area contributed by atoms with Gasteiger partial charge >= 0.3 is 0 Å². The van der Waals surface area contributed by atoms with E-state index in [4.69, 9.17) is 14.5 Å². The predicted octanol–water partition coefficient (Wildman–Crippen LogP) is 3.22. The van der Waals surface area contributed by atoms with Crippen molar-refractivity contribution in [1.82, 2.24) is 10.2 Å². The Morgan fingerprint density at radius 1 is 1.30 bits per heavy atom. The molecule has 2 atom stereocenters. The number of morpholine rings is 1. The van der Waals surface area contributed by atoms with Crippen LogP contribution in [0.25, 0.3) is 0 Å². The fraction of sp³-hybridized carbons (Fsp3) is 0.650. The van der Waals surface area contributed by atoms with E-state index in [1.54, 1.807) is 12.1 Å². The van der Waals surface area contributed by atoms with Gasteiger partial charge in [-0.2, -0.15) is 0 Å². The lowest BCUT2D eigenvalue weighted by Crippen LogP contribution is -2.53. The molecular weight excluding hydrogens is 460 g/mol. The number of rotatable bonds is 6. The van der Waals surface area contributed by atoms with Gasteiger partial charge in [-0.25, -0.2) is 4.39 Å². The van der Waals surface area contributed by atoms with Crippen LogP contribution in [-0.4, -0.2) is 62.5 Å². The molecule has 3 rings (SSSR count). The highest BCUT2D eigenvalue weighted by molar-refractivity contribution is 14.0. The Morgan fingerprint density at radius 3 is 2.89 bits per heavy atom. The van der Waals surface area contributed by atoms with Crippen LogP contribution in [0.1, 0.15) is 31.7 Å². The maximum absolute atomic E-state index is 13.2. The Kier molecular flexibility index (Phi) is 9.78. The SMILES string of the molecule is CCNC(=NCCCc1cccc(F)c1)N1CCOC(C2CCCO2)C1.I.